The van der Waals surface area contributed by atoms with Gasteiger partial charge in [0.25, 0.3) is 0 Å². The molecule has 0 unspecified atom stereocenters. The van der Waals surface area contributed by atoms with Gasteiger partial charge in [0.1, 0.15) is 0 Å². The number of nitrogens with one attached hydrogen (secondary N) is 1. The minimum Gasteiger partial charge on any atom is -0.370 e. The van der Waals surface area contributed by atoms with E-state index in [9.17, 15) is 9.59 Å². The van der Waals surface area contributed by atoms with Gasteiger partial charge in [-0.3, -0.25) is 9.48 Å². The van der Waals surface area contributed by atoms with E-state index < -0.39 is 0 Å². The highest BCUT2D eigenvalue weighted by Gasteiger charge is 2.31. The molecule has 7 nitrogen and oxygen atoms in total. The summed E-state index contributed by atoms with van der Waals surface area (Å²) in [5.41, 5.74) is 5.30. The van der Waals surface area contributed by atoms with Crippen molar-refractivity contribution >= 4 is 11.9 Å². The number of rotatable bonds is 4. The first kappa shape index (κ1) is 16.8. The molecule has 3 rings (SSSR count). The van der Waals surface area contributed by atoms with E-state index in [-0.39, 0.29) is 29.9 Å². The fourth-order valence-corrected chi connectivity index (χ4v) is 4.02. The topological polar surface area (TPSA) is 93.3 Å². The minimum absolute atomic E-state index is 0.0202. The van der Waals surface area contributed by atoms with E-state index in [0.717, 1.165) is 38.6 Å². The summed E-state index contributed by atoms with van der Waals surface area (Å²) in [6.07, 6.45) is 10.3. The Morgan fingerprint density at radius 1 is 1.21 bits per heavy atom. The lowest BCUT2D eigenvalue weighted by Gasteiger charge is -2.37. The van der Waals surface area contributed by atoms with E-state index in [1.165, 1.54) is 6.42 Å². The van der Waals surface area contributed by atoms with E-state index >= 15 is 0 Å². The molecule has 3 amide bonds. The van der Waals surface area contributed by atoms with Gasteiger partial charge in [0, 0.05) is 31.9 Å². The van der Waals surface area contributed by atoms with Gasteiger partial charge in [-0.15, -0.1) is 0 Å². The Bertz CT molecular complexity index is 559. The van der Waals surface area contributed by atoms with E-state index in [1.54, 1.807) is 6.20 Å². The second-order valence-electron chi connectivity index (χ2n) is 7.02. The fourth-order valence-electron chi connectivity index (χ4n) is 4.02. The predicted molar refractivity (Wildman–Crippen MR) is 90.2 cm³/mol. The summed E-state index contributed by atoms with van der Waals surface area (Å²) in [6.45, 7) is 1.37. The molecule has 24 heavy (non-hydrogen) atoms. The first-order valence-electron chi connectivity index (χ1n) is 8.96. The number of carbonyl (C=O) groups is 2. The number of carbonyl (C=O) groups excluding carboxylic acids is 2. The van der Waals surface area contributed by atoms with Crippen LogP contribution in [0.1, 0.15) is 51.0 Å². The molecule has 2 fully saturated rings. The second-order valence-corrected chi connectivity index (χ2v) is 7.02. The number of urea groups is 1. The number of hydrogen-bond acceptors (Lipinski definition) is 3. The third kappa shape index (κ3) is 4.07. The first-order valence-corrected chi connectivity index (χ1v) is 8.96. The van der Waals surface area contributed by atoms with Gasteiger partial charge >= 0.3 is 6.03 Å². The zero-order chi connectivity index (χ0) is 16.9. The van der Waals surface area contributed by atoms with Crippen molar-refractivity contribution in [2.45, 2.75) is 57.0 Å². The van der Waals surface area contributed by atoms with Crippen molar-refractivity contribution in [3.8, 4) is 0 Å². The number of likely N-dealkylation sites (tertiary alicyclic amines) is 1. The van der Waals surface area contributed by atoms with Crippen LogP contribution in [-0.2, 0) is 4.79 Å². The van der Waals surface area contributed by atoms with E-state index in [4.69, 9.17) is 5.73 Å². The molecule has 3 atom stereocenters. The van der Waals surface area contributed by atoms with Crippen LogP contribution in [0, 0.1) is 5.92 Å². The number of amides is 3. The van der Waals surface area contributed by atoms with Gasteiger partial charge in [-0.1, -0.05) is 12.8 Å². The van der Waals surface area contributed by atoms with Crippen LogP contribution in [0.2, 0.25) is 0 Å². The summed E-state index contributed by atoms with van der Waals surface area (Å²) in [5, 5.41) is 7.57. The summed E-state index contributed by atoms with van der Waals surface area (Å²) >= 11 is 0. The molecule has 0 spiro atoms. The molecule has 1 saturated carbocycles. The number of nitrogens with two attached hydrogens (primary N) is 1. The zero-order valence-corrected chi connectivity index (χ0v) is 14.1. The molecule has 0 radical (unpaired) electrons. The van der Waals surface area contributed by atoms with Crippen LogP contribution in [-0.4, -0.2) is 45.8 Å². The van der Waals surface area contributed by atoms with Crippen LogP contribution in [0.4, 0.5) is 4.79 Å². The Balaban J connectivity index is 1.59. The average molecular weight is 333 g/mol. The minimum atomic E-state index is -0.284. The molecule has 1 saturated heterocycles. The van der Waals surface area contributed by atoms with Gasteiger partial charge in [-0.2, -0.15) is 5.10 Å². The summed E-state index contributed by atoms with van der Waals surface area (Å²) in [6, 6.07) is 2.24. The number of primary amides is 1. The van der Waals surface area contributed by atoms with Crippen molar-refractivity contribution in [3.05, 3.63) is 18.5 Å². The van der Waals surface area contributed by atoms with Crippen LogP contribution < -0.4 is 11.1 Å². The molecule has 0 aromatic carbocycles. The highest BCUT2D eigenvalue weighted by atomic mass is 16.2. The molecule has 0 bridgehead atoms. The molecule has 2 aliphatic rings. The van der Waals surface area contributed by atoms with Crippen LogP contribution in [0.25, 0.3) is 0 Å². The SMILES string of the molecule is NC(=O)C[C@@H]1CCCN(C(=O)N[C@@H]2CCCC[C@@H]2n2cccn2)C1. The molecule has 7 heteroatoms. The lowest BCUT2D eigenvalue weighted by atomic mass is 9.90. The quantitative estimate of drug-likeness (QED) is 0.877. The van der Waals surface area contributed by atoms with Crippen molar-refractivity contribution in [2.24, 2.45) is 11.7 Å². The Morgan fingerprint density at radius 2 is 2.04 bits per heavy atom. The fraction of sp³-hybridized carbons (Fsp3) is 0.706. The smallest absolute Gasteiger partial charge is 0.317 e. The maximum atomic E-state index is 12.7. The number of piperidine rings is 1. The van der Waals surface area contributed by atoms with Crippen molar-refractivity contribution in [1.29, 1.82) is 0 Å². The Kier molecular flexibility index (Phi) is 5.37. The number of nitrogens with zero attached hydrogens (tertiary/aromatic N) is 3. The van der Waals surface area contributed by atoms with E-state index in [1.807, 2.05) is 21.8 Å². The molecule has 1 aliphatic carbocycles. The van der Waals surface area contributed by atoms with Crippen molar-refractivity contribution < 1.29 is 9.59 Å². The van der Waals surface area contributed by atoms with Crippen LogP contribution >= 0.6 is 0 Å². The van der Waals surface area contributed by atoms with Crippen molar-refractivity contribution in [3.63, 3.8) is 0 Å². The van der Waals surface area contributed by atoms with Crippen LogP contribution in [0.15, 0.2) is 18.5 Å². The summed E-state index contributed by atoms with van der Waals surface area (Å²) < 4.78 is 1.97. The van der Waals surface area contributed by atoms with Crippen LogP contribution in [0.5, 0.6) is 0 Å². The van der Waals surface area contributed by atoms with Gasteiger partial charge in [-0.25, -0.2) is 4.79 Å². The van der Waals surface area contributed by atoms with Gasteiger partial charge in [0.15, 0.2) is 0 Å². The predicted octanol–water partition coefficient (Wildman–Crippen LogP) is 1.66. The van der Waals surface area contributed by atoms with Gasteiger partial charge < -0.3 is 16.0 Å². The molecule has 132 valence electrons. The van der Waals surface area contributed by atoms with E-state index in [2.05, 4.69) is 10.4 Å². The van der Waals surface area contributed by atoms with Gasteiger partial charge in [-0.05, 0) is 37.7 Å². The van der Waals surface area contributed by atoms with Crippen LogP contribution in [0.3, 0.4) is 0 Å². The largest absolute Gasteiger partial charge is 0.370 e. The summed E-state index contributed by atoms with van der Waals surface area (Å²) in [4.78, 5) is 25.6. The van der Waals surface area contributed by atoms with Gasteiger partial charge in [0.2, 0.25) is 5.91 Å². The summed E-state index contributed by atoms with van der Waals surface area (Å²) in [5.74, 6) is -0.0939. The molecule has 1 aliphatic heterocycles. The third-order valence-electron chi connectivity index (χ3n) is 5.20. The maximum absolute atomic E-state index is 12.7. The molecular weight excluding hydrogens is 306 g/mol. The lowest BCUT2D eigenvalue weighted by molar-refractivity contribution is -0.119. The Morgan fingerprint density at radius 3 is 2.79 bits per heavy atom. The Labute approximate surface area is 142 Å². The highest BCUT2D eigenvalue weighted by Crippen LogP contribution is 2.28. The molecule has 1 aromatic heterocycles. The Hall–Kier alpha value is -2.05. The zero-order valence-electron chi connectivity index (χ0n) is 14.1. The number of aromatic nitrogens is 2. The highest BCUT2D eigenvalue weighted by molar-refractivity contribution is 5.76. The molecule has 1 aromatic rings. The normalized spacial score (nSPS) is 27.7. The maximum Gasteiger partial charge on any atom is 0.317 e. The standard InChI is InChI=1S/C17H27N5O2/c18-16(23)11-13-5-3-9-21(12-13)17(24)20-14-6-1-2-7-15(14)22-10-4-8-19-22/h4,8,10,13-15H,1-3,5-7,9,11-12H2,(H2,18,23)(H,20,24)/t13-,14+,15-/m0/s1. The third-order valence-corrected chi connectivity index (χ3v) is 5.20. The second kappa shape index (κ2) is 7.68. The molecular formula is C17H27N5O2. The molecule has 2 heterocycles. The van der Waals surface area contributed by atoms with Gasteiger partial charge in [0.05, 0.1) is 12.1 Å². The lowest BCUT2D eigenvalue weighted by Crippen LogP contribution is -2.51. The van der Waals surface area contributed by atoms with Crippen molar-refractivity contribution in [2.75, 3.05) is 13.1 Å². The monoisotopic (exact) mass is 333 g/mol. The average Bonchev–Trinajstić information content (AvgIpc) is 3.09. The number of hydrogen-bond donors (Lipinski definition) is 2. The summed E-state index contributed by atoms with van der Waals surface area (Å²) in [7, 11) is 0. The molecule has 3 N–H and O–H groups in total. The van der Waals surface area contributed by atoms with Crippen molar-refractivity contribution in [1.82, 2.24) is 20.0 Å². The first-order chi connectivity index (χ1) is 11.6. The van der Waals surface area contributed by atoms with E-state index in [0.29, 0.717) is 13.0 Å².